The summed E-state index contributed by atoms with van der Waals surface area (Å²) in [6.45, 7) is 1.85. The molecule has 3 rings (SSSR count). The van der Waals surface area contributed by atoms with Gasteiger partial charge in [0.1, 0.15) is 5.75 Å². The number of Topliss-reactive ketones (excluding diaryl/α,β-unsaturated/α-hetero) is 2. The second-order valence-corrected chi connectivity index (χ2v) is 5.85. The van der Waals surface area contributed by atoms with Gasteiger partial charge in [-0.2, -0.15) is 0 Å². The van der Waals surface area contributed by atoms with Gasteiger partial charge in [0, 0.05) is 17.5 Å². The molecule has 2 aromatic rings. The summed E-state index contributed by atoms with van der Waals surface area (Å²) in [5, 5.41) is 0. The maximum absolute atomic E-state index is 12.3. The van der Waals surface area contributed by atoms with Crippen molar-refractivity contribution in [1.29, 1.82) is 0 Å². The number of carbonyl (C=O) groups excluding carboxylic acids is 2. The van der Waals surface area contributed by atoms with Crippen molar-refractivity contribution in [2.24, 2.45) is 0 Å². The number of aryl methyl sites for hydroxylation is 2. The maximum Gasteiger partial charge on any atom is 0.200 e. The van der Waals surface area contributed by atoms with Crippen LogP contribution in [0.1, 0.15) is 51.6 Å². The third kappa shape index (κ3) is 3.50. The SMILES string of the molecule is CCC(=O)c1ccc(OCC(=O)c2ccc3c(c2)CCC3)cc1. The normalized spacial score (nSPS) is 12.7. The lowest BCUT2D eigenvalue weighted by atomic mass is 10.0. The van der Waals surface area contributed by atoms with Gasteiger partial charge in [-0.25, -0.2) is 0 Å². The van der Waals surface area contributed by atoms with Crippen LogP contribution in [-0.4, -0.2) is 18.2 Å². The predicted molar refractivity (Wildman–Crippen MR) is 89.4 cm³/mol. The van der Waals surface area contributed by atoms with E-state index in [1.165, 1.54) is 17.5 Å². The Kier molecular flexibility index (Phi) is 4.56. The monoisotopic (exact) mass is 308 g/mol. The molecule has 0 bridgehead atoms. The van der Waals surface area contributed by atoms with Crippen LogP contribution in [0.2, 0.25) is 0 Å². The Morgan fingerprint density at radius 2 is 1.61 bits per heavy atom. The zero-order valence-electron chi connectivity index (χ0n) is 13.3. The van der Waals surface area contributed by atoms with E-state index in [9.17, 15) is 9.59 Å². The molecule has 0 amide bonds. The number of carbonyl (C=O) groups is 2. The van der Waals surface area contributed by atoms with E-state index in [-0.39, 0.29) is 18.2 Å². The highest BCUT2D eigenvalue weighted by atomic mass is 16.5. The largest absolute Gasteiger partial charge is 0.485 e. The van der Waals surface area contributed by atoms with Gasteiger partial charge < -0.3 is 4.74 Å². The fourth-order valence-corrected chi connectivity index (χ4v) is 2.92. The van der Waals surface area contributed by atoms with Gasteiger partial charge in [0.25, 0.3) is 0 Å². The summed E-state index contributed by atoms with van der Waals surface area (Å²) in [5.74, 6) is 0.686. The van der Waals surface area contributed by atoms with Gasteiger partial charge in [-0.05, 0) is 60.7 Å². The molecule has 0 unspecified atom stereocenters. The molecule has 0 atom stereocenters. The van der Waals surface area contributed by atoms with Crippen LogP contribution in [0.5, 0.6) is 5.75 Å². The topological polar surface area (TPSA) is 43.4 Å². The van der Waals surface area contributed by atoms with Crippen molar-refractivity contribution in [2.45, 2.75) is 32.6 Å². The van der Waals surface area contributed by atoms with Crippen molar-refractivity contribution < 1.29 is 14.3 Å². The van der Waals surface area contributed by atoms with Crippen LogP contribution in [0, 0.1) is 0 Å². The number of ketones is 2. The van der Waals surface area contributed by atoms with Crippen molar-refractivity contribution in [3.63, 3.8) is 0 Å². The lowest BCUT2D eigenvalue weighted by Crippen LogP contribution is -2.12. The van der Waals surface area contributed by atoms with Gasteiger partial charge in [0.2, 0.25) is 0 Å². The molecule has 1 aliphatic rings. The quantitative estimate of drug-likeness (QED) is 0.757. The minimum absolute atomic E-state index is 0.0137. The van der Waals surface area contributed by atoms with Crippen molar-refractivity contribution in [2.75, 3.05) is 6.61 Å². The second kappa shape index (κ2) is 6.78. The number of hydrogen-bond donors (Lipinski definition) is 0. The lowest BCUT2D eigenvalue weighted by Gasteiger charge is -2.07. The summed E-state index contributed by atoms with van der Waals surface area (Å²) in [6.07, 6.45) is 3.83. The van der Waals surface area contributed by atoms with Crippen LogP contribution in [0.25, 0.3) is 0 Å². The summed E-state index contributed by atoms with van der Waals surface area (Å²) < 4.78 is 5.55. The van der Waals surface area contributed by atoms with Gasteiger partial charge in [-0.3, -0.25) is 9.59 Å². The van der Waals surface area contributed by atoms with E-state index < -0.39 is 0 Å². The molecule has 0 aromatic heterocycles. The Labute approximate surface area is 136 Å². The molecule has 0 radical (unpaired) electrons. The first-order chi connectivity index (χ1) is 11.2. The Morgan fingerprint density at radius 1 is 0.913 bits per heavy atom. The van der Waals surface area contributed by atoms with Crippen LogP contribution >= 0.6 is 0 Å². The van der Waals surface area contributed by atoms with E-state index in [0.29, 0.717) is 23.3 Å². The van der Waals surface area contributed by atoms with Crippen molar-refractivity contribution >= 4 is 11.6 Å². The van der Waals surface area contributed by atoms with Crippen LogP contribution in [-0.2, 0) is 12.8 Å². The molecule has 3 nitrogen and oxygen atoms in total. The Hall–Kier alpha value is -2.42. The third-order valence-electron chi connectivity index (χ3n) is 4.29. The molecular formula is C20H20O3. The second-order valence-electron chi connectivity index (χ2n) is 5.85. The third-order valence-corrected chi connectivity index (χ3v) is 4.29. The van der Waals surface area contributed by atoms with Gasteiger partial charge in [0.15, 0.2) is 18.2 Å². The van der Waals surface area contributed by atoms with E-state index in [0.717, 1.165) is 12.8 Å². The zero-order chi connectivity index (χ0) is 16.2. The summed E-state index contributed by atoms with van der Waals surface area (Å²) in [7, 11) is 0. The van der Waals surface area contributed by atoms with E-state index in [1.54, 1.807) is 24.3 Å². The summed E-state index contributed by atoms with van der Waals surface area (Å²) >= 11 is 0. The molecule has 23 heavy (non-hydrogen) atoms. The predicted octanol–water partition coefficient (Wildman–Crippen LogP) is 4.03. The van der Waals surface area contributed by atoms with Crippen LogP contribution in [0.15, 0.2) is 42.5 Å². The molecule has 118 valence electrons. The average molecular weight is 308 g/mol. The highest BCUT2D eigenvalue weighted by Crippen LogP contribution is 2.23. The van der Waals surface area contributed by atoms with E-state index in [4.69, 9.17) is 4.74 Å². The first-order valence-electron chi connectivity index (χ1n) is 8.08. The van der Waals surface area contributed by atoms with Crippen LogP contribution in [0.4, 0.5) is 0 Å². The molecule has 0 N–H and O–H groups in total. The highest BCUT2D eigenvalue weighted by Gasteiger charge is 2.14. The van der Waals surface area contributed by atoms with E-state index in [1.807, 2.05) is 19.1 Å². The Bertz CT molecular complexity index is 729. The van der Waals surface area contributed by atoms with Gasteiger partial charge >= 0.3 is 0 Å². The van der Waals surface area contributed by atoms with Gasteiger partial charge in [-0.1, -0.05) is 19.1 Å². The maximum atomic E-state index is 12.3. The molecule has 0 saturated heterocycles. The molecule has 0 fully saturated rings. The fraction of sp³-hybridized carbons (Fsp3) is 0.300. The number of benzene rings is 2. The summed E-state index contributed by atoms with van der Waals surface area (Å²) in [4.78, 5) is 23.8. The van der Waals surface area contributed by atoms with E-state index in [2.05, 4.69) is 6.07 Å². The number of rotatable bonds is 6. The summed E-state index contributed by atoms with van der Waals surface area (Å²) in [5.41, 5.74) is 4.03. The standard InChI is InChI=1S/C20H20O3/c1-2-19(21)15-8-10-18(11-9-15)23-13-20(22)17-7-6-14-4-3-5-16(14)12-17/h6-12H,2-5,13H2,1H3. The first-order valence-corrected chi connectivity index (χ1v) is 8.08. The molecule has 1 aliphatic carbocycles. The molecular weight excluding hydrogens is 288 g/mol. The number of ether oxygens (including phenoxy) is 1. The Balaban J connectivity index is 1.61. The molecule has 0 aliphatic heterocycles. The fourth-order valence-electron chi connectivity index (χ4n) is 2.92. The number of hydrogen-bond acceptors (Lipinski definition) is 3. The molecule has 2 aromatic carbocycles. The lowest BCUT2D eigenvalue weighted by molar-refractivity contribution is 0.0920. The van der Waals surface area contributed by atoms with Crippen molar-refractivity contribution in [3.8, 4) is 5.75 Å². The Morgan fingerprint density at radius 3 is 2.35 bits per heavy atom. The van der Waals surface area contributed by atoms with Crippen LogP contribution < -0.4 is 4.74 Å². The van der Waals surface area contributed by atoms with Crippen molar-refractivity contribution in [1.82, 2.24) is 0 Å². The number of fused-ring (bicyclic) bond motifs is 1. The zero-order valence-corrected chi connectivity index (χ0v) is 13.3. The molecule has 0 heterocycles. The smallest absolute Gasteiger partial charge is 0.200 e. The van der Waals surface area contributed by atoms with E-state index >= 15 is 0 Å². The molecule has 3 heteroatoms. The first kappa shape index (κ1) is 15.5. The van der Waals surface area contributed by atoms with Gasteiger partial charge in [-0.15, -0.1) is 0 Å². The molecule has 0 spiro atoms. The summed E-state index contributed by atoms with van der Waals surface area (Å²) in [6, 6.07) is 12.9. The van der Waals surface area contributed by atoms with Gasteiger partial charge in [0.05, 0.1) is 0 Å². The minimum Gasteiger partial charge on any atom is -0.485 e. The highest BCUT2D eigenvalue weighted by molar-refractivity contribution is 5.97. The molecule has 0 saturated carbocycles. The van der Waals surface area contributed by atoms with Crippen molar-refractivity contribution in [3.05, 3.63) is 64.7 Å². The average Bonchev–Trinajstić information content (AvgIpc) is 3.07. The van der Waals surface area contributed by atoms with Crippen LogP contribution in [0.3, 0.4) is 0 Å². The minimum atomic E-state index is -0.0200.